The molecule has 10 N–H and O–H groups in total. The highest BCUT2D eigenvalue weighted by molar-refractivity contribution is 7.99. The lowest BCUT2D eigenvalue weighted by atomic mass is 9.81. The summed E-state index contributed by atoms with van der Waals surface area (Å²) in [5.41, 5.74) is 23.3. The molecule has 0 bridgehead atoms. The Morgan fingerprint density at radius 1 is 0.507 bits per heavy atom. The first-order valence-corrected chi connectivity index (χ1v) is 27.3. The Labute approximate surface area is 440 Å². The zero-order valence-electron chi connectivity index (χ0n) is 41.0. The molecule has 0 aliphatic heterocycles. The van der Waals surface area contributed by atoms with Crippen LogP contribution in [0.1, 0.15) is 103 Å². The fourth-order valence-corrected chi connectivity index (χ4v) is 12.9. The predicted octanol–water partition coefficient (Wildman–Crippen LogP) is 12.1. The molecular weight excluding hydrogens is 1030 g/mol. The van der Waals surface area contributed by atoms with Gasteiger partial charge in [-0.15, -0.1) is 0 Å². The molecule has 20 heteroatoms. The first-order valence-electron chi connectivity index (χ1n) is 24.2. The lowest BCUT2D eigenvalue weighted by molar-refractivity contribution is 0.247. The molecule has 6 amide bonds. The molecule has 0 spiro atoms. The van der Waals surface area contributed by atoms with Crippen molar-refractivity contribution in [1.29, 1.82) is 0 Å². The van der Waals surface area contributed by atoms with Crippen LogP contribution in [0.3, 0.4) is 0 Å². The maximum absolute atomic E-state index is 14.7. The lowest BCUT2D eigenvalue weighted by Gasteiger charge is -2.26. The molecule has 11 nitrogen and oxygen atoms in total. The Kier molecular flexibility index (Phi) is 20.5. The highest BCUT2D eigenvalue weighted by Gasteiger charge is 2.29. The van der Waals surface area contributed by atoms with Gasteiger partial charge in [0.1, 0.15) is 34.9 Å². The molecule has 398 valence electrons. The number of nitrogens with two attached hydrogens (primary N) is 4. The van der Waals surface area contributed by atoms with Crippen molar-refractivity contribution in [2.45, 2.75) is 118 Å². The molecule has 3 aliphatic rings. The first-order chi connectivity index (χ1) is 35.7. The van der Waals surface area contributed by atoms with E-state index in [0.29, 0.717) is 42.0 Å². The standard InChI is InChI=1S/C18H18F2N2O3S.C18H18F2N2OS.C18H18F2S.CH4N2O/c19-13-5-2-6-14(8-13)26(24,25)15-7-11-3-1-4-12(10-22-18(21)23)17(11)16(20)9-15;19-13-5-2-6-14(8-13)24-15-7-11-3-1-4-12(10-22-18(21)23)17(11)16(20)9-15;1-2-12-5-3-6-13-9-16(11-17(20)18(12)13)21-15-8-4-7-14(19)10-15;2-1(3)4/h2,5-9,12H,1,3-4,10H2,(H3,21,22,23);2,5-9,12H,1,3-4,10H2,(H3,21,22,23);4,7-12H,2-3,5-6H2,1H3;(H4,2,3,4)/t3*12-;/m001./s1. The van der Waals surface area contributed by atoms with Crippen molar-refractivity contribution < 1.29 is 49.1 Å². The van der Waals surface area contributed by atoms with Crippen LogP contribution in [0.25, 0.3) is 0 Å². The van der Waals surface area contributed by atoms with Crippen LogP contribution in [0.5, 0.6) is 0 Å². The number of urea groups is 3. The number of benzene rings is 6. The van der Waals surface area contributed by atoms with Crippen molar-refractivity contribution in [3.05, 3.63) is 177 Å². The second-order valence-corrected chi connectivity index (χ2v) is 22.3. The number of halogens is 6. The summed E-state index contributed by atoms with van der Waals surface area (Å²) in [6.45, 7) is 2.65. The summed E-state index contributed by atoms with van der Waals surface area (Å²) in [5.74, 6) is -2.25. The second kappa shape index (κ2) is 26.7. The number of fused-ring (bicyclic) bond motifs is 3. The number of aryl methyl sites for hydroxylation is 3. The highest BCUT2D eigenvalue weighted by atomic mass is 32.2. The number of hydrogen-bond acceptors (Lipinski definition) is 7. The summed E-state index contributed by atoms with van der Waals surface area (Å²) in [4.78, 5) is 33.5. The van der Waals surface area contributed by atoms with Gasteiger partial charge in [-0.25, -0.2) is 49.1 Å². The minimum Gasteiger partial charge on any atom is -0.352 e. The van der Waals surface area contributed by atoms with E-state index in [1.165, 1.54) is 72.1 Å². The van der Waals surface area contributed by atoms with Crippen LogP contribution >= 0.6 is 23.5 Å². The molecule has 0 aromatic heterocycles. The van der Waals surface area contributed by atoms with E-state index in [4.69, 9.17) is 16.3 Å². The van der Waals surface area contributed by atoms with Gasteiger partial charge >= 0.3 is 18.1 Å². The Hall–Kier alpha value is -6.64. The van der Waals surface area contributed by atoms with Crippen LogP contribution < -0.4 is 33.6 Å². The summed E-state index contributed by atoms with van der Waals surface area (Å²) in [5, 5.41) is 5.04. The topological polar surface area (TPSA) is 213 Å². The molecule has 9 rings (SSSR count). The third-order valence-electron chi connectivity index (χ3n) is 12.8. The Morgan fingerprint density at radius 2 is 0.893 bits per heavy atom. The number of rotatable bonds is 11. The number of carbonyl (C=O) groups is 3. The molecule has 0 heterocycles. The monoisotopic (exact) mass is 1090 g/mol. The van der Waals surface area contributed by atoms with E-state index in [0.717, 1.165) is 106 Å². The summed E-state index contributed by atoms with van der Waals surface area (Å²) >= 11 is 2.76. The van der Waals surface area contributed by atoms with Crippen LogP contribution in [0.2, 0.25) is 0 Å². The van der Waals surface area contributed by atoms with Crippen LogP contribution in [0, 0.1) is 34.9 Å². The zero-order chi connectivity index (χ0) is 54.4. The van der Waals surface area contributed by atoms with Crippen LogP contribution in [0.15, 0.2) is 139 Å². The number of carbonyl (C=O) groups excluding carboxylic acids is 3. The molecule has 0 saturated heterocycles. The summed E-state index contributed by atoms with van der Waals surface area (Å²) in [6, 6.07) is 24.7. The van der Waals surface area contributed by atoms with E-state index in [9.17, 15) is 44.3 Å². The van der Waals surface area contributed by atoms with Crippen LogP contribution in [-0.4, -0.2) is 39.6 Å². The van der Waals surface area contributed by atoms with Crippen molar-refractivity contribution in [1.82, 2.24) is 10.6 Å². The van der Waals surface area contributed by atoms with Crippen molar-refractivity contribution in [2.75, 3.05) is 13.1 Å². The molecule has 0 unspecified atom stereocenters. The average Bonchev–Trinajstić information content (AvgIpc) is 3.35. The van der Waals surface area contributed by atoms with E-state index in [1.54, 1.807) is 24.3 Å². The smallest absolute Gasteiger partial charge is 0.312 e. The molecule has 6 aromatic carbocycles. The number of primary amides is 4. The highest BCUT2D eigenvalue weighted by Crippen LogP contribution is 2.41. The molecular formula is C55H58F6N6O5S3. The Balaban J connectivity index is 0.000000177. The number of hydrogen-bond donors (Lipinski definition) is 6. The second-order valence-electron chi connectivity index (χ2n) is 18.1. The van der Waals surface area contributed by atoms with Gasteiger partial charge < -0.3 is 33.6 Å². The fourth-order valence-electron chi connectivity index (χ4n) is 9.62. The molecule has 6 aromatic rings. The fraction of sp³-hybridized carbons (Fsp3) is 0.291. The van der Waals surface area contributed by atoms with Gasteiger partial charge in [-0.2, -0.15) is 0 Å². The van der Waals surface area contributed by atoms with Crippen molar-refractivity contribution >= 4 is 51.5 Å². The maximum atomic E-state index is 14.7. The molecule has 3 atom stereocenters. The summed E-state index contributed by atoms with van der Waals surface area (Å²) in [7, 11) is -4.03. The maximum Gasteiger partial charge on any atom is 0.312 e. The molecule has 0 saturated carbocycles. The third-order valence-corrected chi connectivity index (χ3v) is 16.5. The number of amides is 6. The van der Waals surface area contributed by atoms with Crippen LogP contribution in [-0.2, 0) is 29.1 Å². The van der Waals surface area contributed by atoms with Crippen molar-refractivity contribution in [2.24, 2.45) is 22.9 Å². The van der Waals surface area contributed by atoms with E-state index in [1.807, 2.05) is 12.1 Å². The molecule has 0 radical (unpaired) electrons. The summed E-state index contributed by atoms with van der Waals surface area (Å²) < 4.78 is 109. The first kappa shape index (κ1) is 57.6. The molecule has 0 fully saturated rings. The quantitative estimate of drug-likeness (QED) is 0.0690. The van der Waals surface area contributed by atoms with E-state index in [-0.39, 0.29) is 51.4 Å². The SMILES string of the molecule is CC[C@@H]1CCCc2cc(Sc3cccc(F)c3)cc(F)c21.NC(=O)NC[C@@H]1CCCc2cc(S(=O)(=O)c3cccc(F)c3)cc(F)c21.NC(=O)NC[C@@H]1CCCc2cc(Sc3cccc(F)c3)cc(F)c21.NC(N)=O. The lowest BCUT2D eigenvalue weighted by Crippen LogP contribution is -2.34. The van der Waals surface area contributed by atoms with Gasteiger partial charge in [0.05, 0.1) is 9.79 Å². The van der Waals surface area contributed by atoms with Crippen molar-refractivity contribution in [3.8, 4) is 0 Å². The largest absolute Gasteiger partial charge is 0.352 e. The van der Waals surface area contributed by atoms with Gasteiger partial charge in [-0.05, 0) is 195 Å². The molecule has 3 aliphatic carbocycles. The average molecular weight is 1090 g/mol. The normalized spacial score (nSPS) is 16.3. The number of sulfone groups is 1. The minimum atomic E-state index is -4.03. The third kappa shape index (κ3) is 16.2. The van der Waals surface area contributed by atoms with Gasteiger partial charge in [0.25, 0.3) is 0 Å². The van der Waals surface area contributed by atoms with E-state index >= 15 is 0 Å². The predicted molar refractivity (Wildman–Crippen MR) is 278 cm³/mol. The Bertz CT molecular complexity index is 3130. The van der Waals surface area contributed by atoms with Gasteiger partial charge in [0, 0.05) is 44.5 Å². The van der Waals surface area contributed by atoms with Crippen LogP contribution in [0.4, 0.5) is 40.7 Å². The van der Waals surface area contributed by atoms with Gasteiger partial charge in [0.2, 0.25) is 9.84 Å². The zero-order valence-corrected chi connectivity index (χ0v) is 43.4. The minimum absolute atomic E-state index is 0.0607. The summed E-state index contributed by atoms with van der Waals surface area (Å²) in [6.07, 6.45) is 8.63. The van der Waals surface area contributed by atoms with Gasteiger partial charge in [0.15, 0.2) is 0 Å². The Morgan fingerprint density at radius 3 is 1.31 bits per heavy atom. The van der Waals surface area contributed by atoms with Gasteiger partial charge in [-0.1, -0.05) is 48.6 Å². The molecule has 75 heavy (non-hydrogen) atoms. The van der Waals surface area contributed by atoms with E-state index in [2.05, 4.69) is 35.1 Å². The number of nitrogens with one attached hydrogen (secondary N) is 2. The van der Waals surface area contributed by atoms with Gasteiger partial charge in [-0.3, -0.25) is 0 Å². The van der Waals surface area contributed by atoms with Crippen molar-refractivity contribution in [3.63, 3.8) is 0 Å². The van der Waals surface area contributed by atoms with E-state index < -0.39 is 39.6 Å².